The van der Waals surface area contributed by atoms with E-state index in [0.29, 0.717) is 38.3 Å². The molecule has 0 unspecified atom stereocenters. The van der Waals surface area contributed by atoms with Gasteiger partial charge in [0.2, 0.25) is 21.8 Å². The topological polar surface area (TPSA) is 96.0 Å². The van der Waals surface area contributed by atoms with Crippen LogP contribution in [0, 0.1) is 0 Å². The summed E-state index contributed by atoms with van der Waals surface area (Å²) in [7, 11) is -3.75. The molecule has 1 aliphatic heterocycles. The lowest BCUT2D eigenvalue weighted by Gasteiger charge is -2.21. The molecule has 0 aromatic heterocycles. The van der Waals surface area contributed by atoms with Crippen LogP contribution in [0.4, 0.5) is 5.69 Å². The number of benzene rings is 1. The van der Waals surface area contributed by atoms with Gasteiger partial charge in [-0.25, -0.2) is 8.42 Å². The molecule has 0 atom stereocenters. The highest BCUT2D eigenvalue weighted by Gasteiger charge is 2.27. The molecular formula is C18H27N3O5S. The molecule has 8 nitrogen and oxygen atoms in total. The van der Waals surface area contributed by atoms with Gasteiger partial charge in [-0.2, -0.15) is 4.31 Å². The van der Waals surface area contributed by atoms with Crippen LogP contribution in [0.15, 0.2) is 23.1 Å². The van der Waals surface area contributed by atoms with Crippen molar-refractivity contribution in [3.05, 3.63) is 18.2 Å². The smallest absolute Gasteiger partial charge is 0.246 e. The van der Waals surface area contributed by atoms with E-state index < -0.39 is 10.0 Å². The van der Waals surface area contributed by atoms with E-state index in [2.05, 4.69) is 5.32 Å². The van der Waals surface area contributed by atoms with Crippen molar-refractivity contribution in [3.63, 3.8) is 0 Å². The zero-order valence-corrected chi connectivity index (χ0v) is 16.8. The molecule has 1 N–H and O–H groups in total. The third-order valence-electron chi connectivity index (χ3n) is 4.36. The van der Waals surface area contributed by atoms with Gasteiger partial charge in [-0.05, 0) is 31.5 Å². The van der Waals surface area contributed by atoms with Gasteiger partial charge in [-0.1, -0.05) is 13.8 Å². The van der Waals surface area contributed by atoms with E-state index in [1.165, 1.54) is 21.3 Å². The standard InChI is InChI=1S/C18H27N3O5S/c1-4-21(5-2)27(24,25)16-12-14(9-10-15(16)26-6-3)19-17(22)13-20-11-7-8-18(20)23/h9-10,12H,4-8,11,13H2,1-3H3,(H,19,22). The maximum absolute atomic E-state index is 12.9. The summed E-state index contributed by atoms with van der Waals surface area (Å²) in [6.07, 6.45) is 1.21. The normalized spacial score (nSPS) is 14.7. The molecule has 9 heteroatoms. The molecule has 1 heterocycles. The third-order valence-corrected chi connectivity index (χ3v) is 6.43. The van der Waals surface area contributed by atoms with Crippen LogP contribution in [-0.2, 0) is 19.6 Å². The minimum atomic E-state index is -3.75. The molecule has 150 valence electrons. The van der Waals surface area contributed by atoms with Crippen molar-refractivity contribution in [1.29, 1.82) is 0 Å². The molecule has 1 aromatic carbocycles. The Balaban J connectivity index is 2.26. The van der Waals surface area contributed by atoms with E-state index in [1.807, 2.05) is 0 Å². The third kappa shape index (κ3) is 4.98. The first kappa shape index (κ1) is 21.2. The van der Waals surface area contributed by atoms with E-state index in [4.69, 9.17) is 4.74 Å². The highest BCUT2D eigenvalue weighted by atomic mass is 32.2. The van der Waals surface area contributed by atoms with Crippen molar-refractivity contribution in [3.8, 4) is 5.75 Å². The van der Waals surface area contributed by atoms with Gasteiger partial charge < -0.3 is 15.0 Å². The van der Waals surface area contributed by atoms with Gasteiger partial charge >= 0.3 is 0 Å². The van der Waals surface area contributed by atoms with E-state index in [1.54, 1.807) is 26.8 Å². The first-order valence-electron chi connectivity index (χ1n) is 9.18. The van der Waals surface area contributed by atoms with Crippen LogP contribution >= 0.6 is 0 Å². The molecule has 27 heavy (non-hydrogen) atoms. The summed E-state index contributed by atoms with van der Waals surface area (Å²) < 4.78 is 32.7. The first-order chi connectivity index (χ1) is 12.8. The van der Waals surface area contributed by atoms with Gasteiger partial charge in [-0.3, -0.25) is 9.59 Å². The van der Waals surface area contributed by atoms with Crippen LogP contribution in [0.2, 0.25) is 0 Å². The molecular weight excluding hydrogens is 370 g/mol. The molecule has 1 fully saturated rings. The summed E-state index contributed by atoms with van der Waals surface area (Å²) in [4.78, 5) is 25.4. The molecule has 1 saturated heterocycles. The maximum Gasteiger partial charge on any atom is 0.246 e. The molecule has 0 aliphatic carbocycles. The molecule has 1 aromatic rings. The maximum atomic E-state index is 12.9. The van der Waals surface area contributed by atoms with Crippen molar-refractivity contribution in [1.82, 2.24) is 9.21 Å². The van der Waals surface area contributed by atoms with E-state index in [0.717, 1.165) is 6.42 Å². The van der Waals surface area contributed by atoms with E-state index in [-0.39, 0.29) is 29.0 Å². The number of carbonyl (C=O) groups is 2. The Morgan fingerprint density at radius 3 is 2.52 bits per heavy atom. The fourth-order valence-electron chi connectivity index (χ4n) is 3.01. The molecule has 0 bridgehead atoms. The SMILES string of the molecule is CCOc1ccc(NC(=O)CN2CCCC2=O)cc1S(=O)(=O)N(CC)CC. The minimum absolute atomic E-state index is 0.0168. The number of nitrogens with zero attached hydrogens (tertiary/aromatic N) is 2. The van der Waals surface area contributed by atoms with Crippen molar-refractivity contribution < 1.29 is 22.7 Å². The monoisotopic (exact) mass is 397 g/mol. The number of carbonyl (C=O) groups excluding carboxylic acids is 2. The van der Waals surface area contributed by atoms with Crippen LogP contribution in [0.25, 0.3) is 0 Å². The van der Waals surface area contributed by atoms with Gasteiger partial charge in [0.15, 0.2) is 0 Å². The molecule has 2 rings (SSSR count). The molecule has 2 amide bonds. The average molecular weight is 397 g/mol. The van der Waals surface area contributed by atoms with Crippen LogP contribution in [-0.4, -0.2) is 62.2 Å². The number of hydrogen-bond donors (Lipinski definition) is 1. The Kier molecular flexibility index (Phi) is 7.20. The number of rotatable bonds is 9. The zero-order valence-electron chi connectivity index (χ0n) is 16.0. The predicted octanol–water partition coefficient (Wildman–Crippen LogP) is 1.68. The van der Waals surface area contributed by atoms with E-state index >= 15 is 0 Å². The Hall–Kier alpha value is -2.13. The Bertz CT molecular complexity index is 790. The molecule has 0 radical (unpaired) electrons. The number of anilines is 1. The first-order valence-corrected chi connectivity index (χ1v) is 10.6. The summed E-state index contributed by atoms with van der Waals surface area (Å²) in [6, 6.07) is 4.54. The highest BCUT2D eigenvalue weighted by Crippen LogP contribution is 2.30. The fraction of sp³-hybridized carbons (Fsp3) is 0.556. The largest absolute Gasteiger partial charge is 0.492 e. The van der Waals surface area contributed by atoms with Crippen LogP contribution in [0.1, 0.15) is 33.6 Å². The van der Waals surface area contributed by atoms with Gasteiger partial charge in [0, 0.05) is 31.7 Å². The van der Waals surface area contributed by atoms with Crippen molar-refractivity contribution in [2.75, 3.05) is 38.1 Å². The second-order valence-electron chi connectivity index (χ2n) is 6.15. The number of hydrogen-bond acceptors (Lipinski definition) is 5. The lowest BCUT2D eigenvalue weighted by molar-refractivity contribution is -0.131. The lowest BCUT2D eigenvalue weighted by Crippen LogP contribution is -2.34. The summed E-state index contributed by atoms with van der Waals surface area (Å²) in [5.41, 5.74) is 0.348. The van der Waals surface area contributed by atoms with Gasteiger partial charge in [0.05, 0.1) is 13.2 Å². The summed E-state index contributed by atoms with van der Waals surface area (Å²) >= 11 is 0. The predicted molar refractivity (Wildman–Crippen MR) is 102 cm³/mol. The van der Waals surface area contributed by atoms with Crippen LogP contribution < -0.4 is 10.1 Å². The average Bonchev–Trinajstić information content (AvgIpc) is 3.02. The summed E-state index contributed by atoms with van der Waals surface area (Å²) in [5, 5.41) is 2.67. The Morgan fingerprint density at radius 1 is 1.26 bits per heavy atom. The second-order valence-corrected chi connectivity index (χ2v) is 8.06. The van der Waals surface area contributed by atoms with Crippen LogP contribution in [0.5, 0.6) is 5.75 Å². The van der Waals surface area contributed by atoms with Gasteiger partial charge in [-0.15, -0.1) is 0 Å². The molecule has 0 saturated carbocycles. The number of nitrogens with one attached hydrogen (secondary N) is 1. The van der Waals surface area contributed by atoms with Crippen molar-refractivity contribution >= 4 is 27.5 Å². The summed E-state index contributed by atoms with van der Waals surface area (Å²) in [6.45, 7) is 6.82. The lowest BCUT2D eigenvalue weighted by atomic mass is 10.3. The minimum Gasteiger partial charge on any atom is -0.492 e. The number of likely N-dealkylation sites (tertiary alicyclic amines) is 1. The van der Waals surface area contributed by atoms with Gasteiger partial charge in [0.1, 0.15) is 10.6 Å². The number of sulfonamides is 1. The zero-order chi connectivity index (χ0) is 20.0. The summed E-state index contributed by atoms with van der Waals surface area (Å²) in [5.74, 6) is -0.153. The Morgan fingerprint density at radius 2 is 1.96 bits per heavy atom. The molecule has 0 spiro atoms. The second kappa shape index (κ2) is 9.18. The quantitative estimate of drug-likeness (QED) is 0.684. The molecule has 1 aliphatic rings. The van der Waals surface area contributed by atoms with Gasteiger partial charge in [0.25, 0.3) is 0 Å². The van der Waals surface area contributed by atoms with E-state index in [9.17, 15) is 18.0 Å². The van der Waals surface area contributed by atoms with Crippen molar-refractivity contribution in [2.45, 2.75) is 38.5 Å². The Labute approximate surface area is 160 Å². The number of amides is 2. The number of ether oxygens (including phenoxy) is 1. The highest BCUT2D eigenvalue weighted by molar-refractivity contribution is 7.89. The van der Waals surface area contributed by atoms with Crippen LogP contribution in [0.3, 0.4) is 0 Å². The fourth-order valence-corrected chi connectivity index (χ4v) is 4.62. The van der Waals surface area contributed by atoms with Crippen molar-refractivity contribution in [2.24, 2.45) is 0 Å².